The molecule has 5 fully saturated rings. The molecule has 1 saturated heterocycles. The highest BCUT2D eigenvalue weighted by atomic mass is 16.5. The molecule has 1 atom stereocenters. The summed E-state index contributed by atoms with van der Waals surface area (Å²) in [6.45, 7) is 1.21. The number of methoxy groups -OCH3 is 3. The smallest absolute Gasteiger partial charge is 0.227 e. The summed E-state index contributed by atoms with van der Waals surface area (Å²) in [6.07, 6.45) is 8.27. The first kappa shape index (κ1) is 22.4. The van der Waals surface area contributed by atoms with Crippen molar-refractivity contribution in [3.63, 3.8) is 0 Å². The first-order chi connectivity index (χ1) is 15.8. The van der Waals surface area contributed by atoms with E-state index in [-0.39, 0.29) is 24.2 Å². The second kappa shape index (κ2) is 8.41. The first-order valence-electron chi connectivity index (χ1n) is 12.2. The van der Waals surface area contributed by atoms with Gasteiger partial charge >= 0.3 is 0 Å². The second-order valence-electron chi connectivity index (χ2n) is 10.9. The fourth-order valence-electron chi connectivity index (χ4n) is 7.72. The van der Waals surface area contributed by atoms with Gasteiger partial charge in [0.15, 0.2) is 11.5 Å². The van der Waals surface area contributed by atoms with Crippen molar-refractivity contribution in [1.29, 1.82) is 0 Å². The molecule has 4 saturated carbocycles. The molecule has 1 aromatic carbocycles. The van der Waals surface area contributed by atoms with E-state index in [2.05, 4.69) is 0 Å². The van der Waals surface area contributed by atoms with Crippen molar-refractivity contribution in [2.45, 2.75) is 44.9 Å². The number of amides is 2. The third-order valence-corrected chi connectivity index (χ3v) is 8.55. The summed E-state index contributed by atoms with van der Waals surface area (Å²) in [5.74, 6) is 3.78. The number of carbonyl (C=O) groups is 2. The summed E-state index contributed by atoms with van der Waals surface area (Å²) in [5, 5.41) is 0. The minimum absolute atomic E-state index is 0.0502. The van der Waals surface area contributed by atoms with Gasteiger partial charge in [-0.1, -0.05) is 0 Å². The fraction of sp³-hybridized carbons (Fsp3) is 0.692. The van der Waals surface area contributed by atoms with Gasteiger partial charge in [-0.3, -0.25) is 9.59 Å². The Morgan fingerprint density at radius 2 is 1.55 bits per heavy atom. The lowest BCUT2D eigenvalue weighted by Gasteiger charge is -2.57. The summed E-state index contributed by atoms with van der Waals surface area (Å²) < 4.78 is 16.3. The molecule has 0 spiro atoms. The Kier molecular flexibility index (Phi) is 5.69. The van der Waals surface area contributed by atoms with Crippen molar-refractivity contribution in [2.24, 2.45) is 29.1 Å². The highest BCUT2D eigenvalue weighted by Crippen LogP contribution is 2.60. The SMILES string of the molecule is COc1cc(N2CC(C(=O)N(C)CC34CC5CC(CC(C5)C3)C4)CC2=O)cc(OC)c1OC. The number of nitrogens with zero attached hydrogens (tertiary/aromatic N) is 2. The monoisotopic (exact) mass is 456 g/mol. The summed E-state index contributed by atoms with van der Waals surface area (Å²) in [4.78, 5) is 29.9. The lowest BCUT2D eigenvalue weighted by Crippen LogP contribution is -2.52. The molecule has 180 valence electrons. The van der Waals surface area contributed by atoms with Crippen molar-refractivity contribution in [2.75, 3.05) is 46.4 Å². The Morgan fingerprint density at radius 3 is 2.03 bits per heavy atom. The lowest BCUT2D eigenvalue weighted by atomic mass is 9.49. The van der Waals surface area contributed by atoms with Crippen LogP contribution in [-0.4, -0.2) is 58.2 Å². The van der Waals surface area contributed by atoms with Crippen molar-refractivity contribution >= 4 is 17.5 Å². The molecular formula is C26H36N2O5. The minimum Gasteiger partial charge on any atom is -0.493 e. The van der Waals surface area contributed by atoms with Gasteiger partial charge in [-0.05, 0) is 61.7 Å². The van der Waals surface area contributed by atoms with Gasteiger partial charge in [0, 0.05) is 38.7 Å². The topological polar surface area (TPSA) is 68.3 Å². The predicted molar refractivity (Wildman–Crippen MR) is 125 cm³/mol. The van der Waals surface area contributed by atoms with Crippen LogP contribution in [0.1, 0.15) is 44.9 Å². The van der Waals surface area contributed by atoms with Gasteiger partial charge in [0.05, 0.1) is 32.9 Å². The normalized spacial score (nSPS) is 32.2. The van der Waals surface area contributed by atoms with Crippen LogP contribution in [0.25, 0.3) is 0 Å². The van der Waals surface area contributed by atoms with Crippen LogP contribution in [0.5, 0.6) is 17.2 Å². The van der Waals surface area contributed by atoms with E-state index in [1.807, 2.05) is 11.9 Å². The zero-order valence-electron chi connectivity index (χ0n) is 20.3. The fourth-order valence-corrected chi connectivity index (χ4v) is 7.72. The minimum atomic E-state index is -0.324. The molecule has 1 aromatic rings. The van der Waals surface area contributed by atoms with Gasteiger partial charge in [0.1, 0.15) is 0 Å². The van der Waals surface area contributed by atoms with E-state index >= 15 is 0 Å². The van der Waals surface area contributed by atoms with Gasteiger partial charge in [0.25, 0.3) is 0 Å². The van der Waals surface area contributed by atoms with E-state index < -0.39 is 0 Å². The van der Waals surface area contributed by atoms with Crippen LogP contribution in [0.4, 0.5) is 5.69 Å². The van der Waals surface area contributed by atoms with E-state index in [4.69, 9.17) is 14.2 Å². The average molecular weight is 457 g/mol. The molecule has 2 amide bonds. The molecule has 1 heterocycles. The van der Waals surface area contributed by atoms with Gasteiger partial charge in [0.2, 0.25) is 17.6 Å². The van der Waals surface area contributed by atoms with E-state index in [1.165, 1.54) is 38.5 Å². The molecule has 7 heteroatoms. The highest BCUT2D eigenvalue weighted by Gasteiger charge is 2.51. The van der Waals surface area contributed by atoms with E-state index in [0.717, 1.165) is 24.3 Å². The first-order valence-corrected chi connectivity index (χ1v) is 12.2. The predicted octanol–water partition coefficient (Wildman–Crippen LogP) is 3.74. The molecule has 4 bridgehead atoms. The van der Waals surface area contributed by atoms with Crippen LogP contribution in [0.15, 0.2) is 12.1 Å². The Labute approximate surface area is 196 Å². The Morgan fingerprint density at radius 1 is 1.00 bits per heavy atom. The zero-order valence-corrected chi connectivity index (χ0v) is 20.3. The van der Waals surface area contributed by atoms with Crippen molar-refractivity contribution in [3.8, 4) is 17.2 Å². The summed E-state index contributed by atoms with van der Waals surface area (Å²) >= 11 is 0. The molecule has 5 aliphatic rings. The number of ether oxygens (including phenoxy) is 3. The van der Waals surface area contributed by atoms with Gasteiger partial charge in [-0.15, -0.1) is 0 Å². The van der Waals surface area contributed by atoms with Crippen LogP contribution >= 0.6 is 0 Å². The Hall–Kier alpha value is -2.44. The van der Waals surface area contributed by atoms with Crippen LogP contribution < -0.4 is 19.1 Å². The second-order valence-corrected chi connectivity index (χ2v) is 10.9. The molecule has 0 aromatic heterocycles. The number of rotatable bonds is 7. The van der Waals surface area contributed by atoms with Gasteiger partial charge in [-0.2, -0.15) is 0 Å². The maximum atomic E-state index is 13.4. The van der Waals surface area contributed by atoms with Crippen LogP contribution in [0.2, 0.25) is 0 Å². The van der Waals surface area contributed by atoms with Crippen molar-refractivity contribution in [3.05, 3.63) is 12.1 Å². The molecule has 0 N–H and O–H groups in total. The van der Waals surface area contributed by atoms with Crippen molar-refractivity contribution < 1.29 is 23.8 Å². The number of benzene rings is 1. The third-order valence-electron chi connectivity index (χ3n) is 8.55. The standard InChI is InChI=1S/C26H36N2O5/c1-27(15-26-11-16-5-17(12-26)7-18(6-16)13-26)25(30)19-8-23(29)28(14-19)20-9-21(31-2)24(33-4)22(10-20)32-3/h9-10,16-19H,5-8,11-15H2,1-4H3. The molecule has 33 heavy (non-hydrogen) atoms. The average Bonchev–Trinajstić information content (AvgIpc) is 3.17. The zero-order chi connectivity index (χ0) is 23.3. The lowest BCUT2D eigenvalue weighted by molar-refractivity contribution is -0.139. The molecule has 4 aliphatic carbocycles. The number of anilines is 1. The molecular weight excluding hydrogens is 420 g/mol. The summed E-state index contributed by atoms with van der Waals surface area (Å²) in [5.41, 5.74) is 0.964. The Balaban J connectivity index is 1.29. The highest BCUT2D eigenvalue weighted by molar-refractivity contribution is 6.00. The van der Waals surface area contributed by atoms with Gasteiger partial charge in [-0.25, -0.2) is 0 Å². The molecule has 7 nitrogen and oxygen atoms in total. The molecule has 6 rings (SSSR count). The third kappa shape index (κ3) is 3.93. The maximum absolute atomic E-state index is 13.4. The molecule has 1 unspecified atom stereocenters. The van der Waals surface area contributed by atoms with Gasteiger partial charge < -0.3 is 24.0 Å². The quantitative estimate of drug-likeness (QED) is 0.625. The summed E-state index contributed by atoms with van der Waals surface area (Å²) in [7, 11) is 6.60. The number of hydrogen-bond donors (Lipinski definition) is 0. The Bertz CT molecular complexity index is 884. The van der Waals surface area contributed by atoms with E-state index in [1.54, 1.807) is 38.4 Å². The molecule has 1 aliphatic heterocycles. The number of carbonyl (C=O) groups excluding carboxylic acids is 2. The van der Waals surface area contributed by atoms with Crippen molar-refractivity contribution in [1.82, 2.24) is 4.90 Å². The number of hydrogen-bond acceptors (Lipinski definition) is 5. The maximum Gasteiger partial charge on any atom is 0.227 e. The van der Waals surface area contributed by atoms with Crippen LogP contribution in [0.3, 0.4) is 0 Å². The largest absolute Gasteiger partial charge is 0.493 e. The summed E-state index contributed by atoms with van der Waals surface area (Å²) in [6, 6.07) is 3.54. The van der Waals surface area contributed by atoms with Crippen LogP contribution in [0, 0.1) is 29.1 Å². The molecule has 0 radical (unpaired) electrons. The van der Waals surface area contributed by atoms with Crippen LogP contribution in [-0.2, 0) is 9.59 Å². The van der Waals surface area contributed by atoms with E-state index in [0.29, 0.717) is 34.9 Å². The van der Waals surface area contributed by atoms with E-state index in [9.17, 15) is 9.59 Å².